The Kier molecular flexibility index (Phi) is 6.02. The Hall–Kier alpha value is -2.13. The Bertz CT molecular complexity index is 763. The van der Waals surface area contributed by atoms with Gasteiger partial charge in [-0.2, -0.15) is 0 Å². The van der Waals surface area contributed by atoms with Crippen molar-refractivity contribution in [3.8, 4) is 5.75 Å². The Morgan fingerprint density at radius 1 is 1.32 bits per heavy atom. The first-order chi connectivity index (χ1) is 11.8. The lowest BCUT2D eigenvalue weighted by Crippen LogP contribution is -2.43. The molecule has 138 valence electrons. The molecule has 2 N–H and O–H groups in total. The molecule has 1 atom stereocenters. The summed E-state index contributed by atoms with van der Waals surface area (Å²) in [5, 5.41) is 5.28. The number of amides is 2. The minimum absolute atomic E-state index is 0.155. The second kappa shape index (κ2) is 7.83. The van der Waals surface area contributed by atoms with Crippen LogP contribution in [-0.2, 0) is 14.8 Å². The number of hydrogen-bond acceptors (Lipinski definition) is 5. The molecule has 1 aromatic carbocycles. The average molecular weight is 369 g/mol. The molecule has 2 amide bonds. The number of methoxy groups -OCH3 is 1. The molecule has 8 nitrogen and oxygen atoms in total. The van der Waals surface area contributed by atoms with Crippen molar-refractivity contribution in [3.63, 3.8) is 0 Å². The predicted octanol–water partition coefficient (Wildman–Crippen LogP) is 0.665. The lowest BCUT2D eigenvalue weighted by molar-refractivity contribution is -0.120. The summed E-state index contributed by atoms with van der Waals surface area (Å²) in [6.45, 7) is 0.584. The van der Waals surface area contributed by atoms with Gasteiger partial charge in [-0.05, 0) is 31.0 Å². The molecule has 0 spiro atoms. The van der Waals surface area contributed by atoms with Crippen LogP contribution in [0.4, 0.5) is 5.69 Å². The molecule has 0 radical (unpaired) electrons. The van der Waals surface area contributed by atoms with E-state index in [-0.39, 0.29) is 18.4 Å². The van der Waals surface area contributed by atoms with Gasteiger partial charge in [0.2, 0.25) is 15.9 Å². The van der Waals surface area contributed by atoms with Crippen molar-refractivity contribution in [1.82, 2.24) is 9.62 Å². The third kappa shape index (κ3) is 4.70. The third-order valence-corrected chi connectivity index (χ3v) is 5.44. The Morgan fingerprint density at radius 2 is 2.04 bits per heavy atom. The smallest absolute Gasteiger partial charge is 0.251 e. The molecule has 1 fully saturated rings. The average Bonchev–Trinajstić information content (AvgIpc) is 2.60. The first-order valence-corrected chi connectivity index (χ1v) is 9.77. The number of sulfonamides is 1. The Morgan fingerprint density at radius 3 is 2.64 bits per heavy atom. The van der Waals surface area contributed by atoms with Gasteiger partial charge in [0.1, 0.15) is 5.75 Å². The number of nitrogens with zero attached hydrogens (tertiary/aromatic N) is 1. The van der Waals surface area contributed by atoms with Crippen LogP contribution in [0, 0.1) is 5.92 Å². The van der Waals surface area contributed by atoms with Crippen LogP contribution in [0.3, 0.4) is 0 Å². The van der Waals surface area contributed by atoms with E-state index >= 15 is 0 Å². The zero-order valence-electron chi connectivity index (χ0n) is 14.5. The van der Waals surface area contributed by atoms with Gasteiger partial charge < -0.3 is 15.4 Å². The molecule has 1 aliphatic rings. The molecular formula is C16H23N3O5S. The van der Waals surface area contributed by atoms with Gasteiger partial charge in [-0.25, -0.2) is 12.7 Å². The van der Waals surface area contributed by atoms with Crippen LogP contribution in [0.2, 0.25) is 0 Å². The lowest BCUT2D eigenvalue weighted by Gasteiger charge is -2.30. The number of benzene rings is 1. The van der Waals surface area contributed by atoms with E-state index in [1.165, 1.54) is 24.5 Å². The molecule has 1 heterocycles. The van der Waals surface area contributed by atoms with Gasteiger partial charge in [-0.1, -0.05) is 0 Å². The van der Waals surface area contributed by atoms with Crippen molar-refractivity contribution < 1.29 is 22.7 Å². The van der Waals surface area contributed by atoms with Crippen molar-refractivity contribution in [3.05, 3.63) is 23.8 Å². The number of anilines is 1. The van der Waals surface area contributed by atoms with Crippen molar-refractivity contribution >= 4 is 27.5 Å². The van der Waals surface area contributed by atoms with E-state index in [0.717, 1.165) is 6.26 Å². The standard InChI is InChI=1S/C16H23N3O5S/c1-17-15(20)11-6-7-14(24-2)13(9-11)18-16(21)12-5-4-8-19(10-12)25(3,22)23/h6-7,9,12H,4-5,8,10H2,1-3H3,(H,17,20)(H,18,21)/t12-/m1/s1. The van der Waals surface area contributed by atoms with E-state index in [1.54, 1.807) is 12.1 Å². The summed E-state index contributed by atoms with van der Waals surface area (Å²) in [7, 11) is -0.334. The summed E-state index contributed by atoms with van der Waals surface area (Å²) < 4.78 is 29.9. The summed E-state index contributed by atoms with van der Waals surface area (Å²) in [5.74, 6) is -0.589. The Labute approximate surface area is 147 Å². The van der Waals surface area contributed by atoms with Crippen LogP contribution in [0.1, 0.15) is 23.2 Å². The van der Waals surface area contributed by atoms with Crippen LogP contribution in [0.5, 0.6) is 5.75 Å². The maximum absolute atomic E-state index is 12.6. The van der Waals surface area contributed by atoms with Gasteiger partial charge in [-0.3, -0.25) is 9.59 Å². The molecule has 0 aliphatic carbocycles. The molecule has 0 unspecified atom stereocenters. The van der Waals surface area contributed by atoms with Gasteiger partial charge in [0.25, 0.3) is 5.91 Å². The molecule has 1 saturated heterocycles. The van der Waals surface area contributed by atoms with Crippen LogP contribution < -0.4 is 15.4 Å². The second-order valence-electron chi connectivity index (χ2n) is 5.94. The van der Waals surface area contributed by atoms with Crippen molar-refractivity contribution in [2.24, 2.45) is 5.92 Å². The number of piperidine rings is 1. The van der Waals surface area contributed by atoms with E-state index in [4.69, 9.17) is 4.74 Å². The summed E-state index contributed by atoms with van der Waals surface area (Å²) in [4.78, 5) is 24.3. The highest BCUT2D eigenvalue weighted by Gasteiger charge is 2.30. The molecule has 0 saturated carbocycles. The number of carbonyl (C=O) groups excluding carboxylic acids is 2. The van der Waals surface area contributed by atoms with Gasteiger partial charge in [0, 0.05) is 25.7 Å². The van der Waals surface area contributed by atoms with E-state index in [1.807, 2.05) is 0 Å². The molecule has 9 heteroatoms. The third-order valence-electron chi connectivity index (χ3n) is 4.17. The summed E-state index contributed by atoms with van der Waals surface area (Å²) in [6, 6.07) is 4.73. The van der Waals surface area contributed by atoms with Crippen LogP contribution in [0.15, 0.2) is 18.2 Å². The van der Waals surface area contributed by atoms with Crippen LogP contribution in [-0.4, -0.2) is 58.0 Å². The topological polar surface area (TPSA) is 105 Å². The number of nitrogens with one attached hydrogen (secondary N) is 2. The van der Waals surface area contributed by atoms with Crippen LogP contribution in [0.25, 0.3) is 0 Å². The van der Waals surface area contributed by atoms with Crippen LogP contribution >= 0.6 is 0 Å². The molecular weight excluding hydrogens is 346 g/mol. The summed E-state index contributed by atoms with van der Waals surface area (Å²) >= 11 is 0. The van der Waals surface area contributed by atoms with Crippen molar-refractivity contribution in [2.45, 2.75) is 12.8 Å². The van der Waals surface area contributed by atoms with E-state index < -0.39 is 15.9 Å². The maximum atomic E-state index is 12.6. The number of hydrogen-bond donors (Lipinski definition) is 2. The normalized spacial score (nSPS) is 18.4. The SMILES string of the molecule is CNC(=O)c1ccc(OC)c(NC(=O)[C@@H]2CCCN(S(C)(=O)=O)C2)c1. The molecule has 2 rings (SSSR count). The number of ether oxygens (including phenoxy) is 1. The highest BCUT2D eigenvalue weighted by molar-refractivity contribution is 7.88. The molecule has 0 bridgehead atoms. The number of carbonyl (C=O) groups is 2. The van der Waals surface area contributed by atoms with Crippen molar-refractivity contribution in [2.75, 3.05) is 38.8 Å². The first-order valence-electron chi connectivity index (χ1n) is 7.92. The van der Waals surface area contributed by atoms with Gasteiger partial charge in [0.05, 0.1) is 25.0 Å². The minimum Gasteiger partial charge on any atom is -0.495 e. The van der Waals surface area contributed by atoms with Crippen molar-refractivity contribution in [1.29, 1.82) is 0 Å². The largest absolute Gasteiger partial charge is 0.495 e. The van der Waals surface area contributed by atoms with E-state index in [2.05, 4.69) is 10.6 Å². The maximum Gasteiger partial charge on any atom is 0.251 e. The minimum atomic E-state index is -3.32. The van der Waals surface area contributed by atoms with Gasteiger partial charge >= 0.3 is 0 Å². The number of rotatable bonds is 5. The highest BCUT2D eigenvalue weighted by atomic mass is 32.2. The fraction of sp³-hybridized carbons (Fsp3) is 0.500. The molecule has 1 aromatic rings. The van der Waals surface area contributed by atoms with E-state index in [0.29, 0.717) is 36.4 Å². The van der Waals surface area contributed by atoms with Gasteiger partial charge in [0.15, 0.2) is 0 Å². The monoisotopic (exact) mass is 369 g/mol. The quantitative estimate of drug-likeness (QED) is 0.793. The van der Waals surface area contributed by atoms with Gasteiger partial charge in [-0.15, -0.1) is 0 Å². The molecule has 25 heavy (non-hydrogen) atoms. The fourth-order valence-electron chi connectivity index (χ4n) is 2.78. The Balaban J connectivity index is 2.17. The molecule has 1 aliphatic heterocycles. The lowest BCUT2D eigenvalue weighted by atomic mass is 9.98. The molecule has 0 aromatic heterocycles. The zero-order valence-corrected chi connectivity index (χ0v) is 15.4. The highest BCUT2D eigenvalue weighted by Crippen LogP contribution is 2.27. The van der Waals surface area contributed by atoms with E-state index in [9.17, 15) is 18.0 Å². The first kappa shape index (κ1) is 19.2. The summed E-state index contributed by atoms with van der Waals surface area (Å²) in [6.07, 6.45) is 2.37. The predicted molar refractivity (Wildman–Crippen MR) is 94.2 cm³/mol. The zero-order chi connectivity index (χ0) is 18.6. The second-order valence-corrected chi connectivity index (χ2v) is 7.93. The summed E-state index contributed by atoms with van der Waals surface area (Å²) in [5.41, 5.74) is 0.769. The fourth-order valence-corrected chi connectivity index (χ4v) is 3.70.